The number of nitrogens with one attached hydrogen (secondary N) is 1. The van der Waals surface area contributed by atoms with Crippen LogP contribution in [0.15, 0.2) is 0 Å². The van der Waals surface area contributed by atoms with Gasteiger partial charge in [0.15, 0.2) is 0 Å². The number of sulfonamides is 1. The van der Waals surface area contributed by atoms with Gasteiger partial charge in [0.1, 0.15) is 0 Å². The predicted molar refractivity (Wildman–Crippen MR) is 80.2 cm³/mol. The summed E-state index contributed by atoms with van der Waals surface area (Å²) in [6.45, 7) is 6.28. The third kappa shape index (κ3) is 3.35. The van der Waals surface area contributed by atoms with Crippen LogP contribution in [0.5, 0.6) is 0 Å². The van der Waals surface area contributed by atoms with Crippen LogP contribution in [0.25, 0.3) is 0 Å². The Balaban J connectivity index is 1.56. The Morgan fingerprint density at radius 3 is 2.55 bits per heavy atom. The van der Waals surface area contributed by atoms with E-state index in [-0.39, 0.29) is 6.04 Å². The molecule has 1 N–H and O–H groups in total. The molecule has 1 atom stereocenters. The smallest absolute Gasteiger partial charge is 0.214 e. The van der Waals surface area contributed by atoms with Gasteiger partial charge >= 0.3 is 0 Å². The Kier molecular flexibility index (Phi) is 4.65. The van der Waals surface area contributed by atoms with E-state index >= 15 is 0 Å². The zero-order valence-corrected chi connectivity index (χ0v) is 13.1. The summed E-state index contributed by atoms with van der Waals surface area (Å²) in [5.41, 5.74) is 0. The average molecular weight is 301 g/mol. The molecule has 1 unspecified atom stereocenters. The minimum atomic E-state index is -2.95. The molecule has 0 radical (unpaired) electrons. The van der Waals surface area contributed by atoms with Crippen molar-refractivity contribution in [3.8, 4) is 0 Å². The van der Waals surface area contributed by atoms with Crippen LogP contribution in [0, 0.1) is 5.92 Å². The summed E-state index contributed by atoms with van der Waals surface area (Å²) in [5.74, 6) is 1.16. The second-order valence-corrected chi connectivity index (χ2v) is 8.57. The van der Waals surface area contributed by atoms with Gasteiger partial charge in [-0.2, -0.15) is 4.31 Å². The molecule has 3 saturated heterocycles. The normalized spacial score (nSPS) is 33.5. The van der Waals surface area contributed by atoms with E-state index in [1.54, 1.807) is 4.31 Å². The summed E-state index contributed by atoms with van der Waals surface area (Å²) in [5, 5.41) is 3.41. The predicted octanol–water partition coefficient (Wildman–Crippen LogP) is 0.486. The largest absolute Gasteiger partial charge is 0.317 e. The fourth-order valence-corrected chi connectivity index (χ4v) is 5.69. The maximum atomic E-state index is 12.1. The highest BCUT2D eigenvalue weighted by molar-refractivity contribution is 7.89. The molecular weight excluding hydrogens is 274 g/mol. The fourth-order valence-electron chi connectivity index (χ4n) is 3.93. The molecule has 0 aromatic heterocycles. The van der Waals surface area contributed by atoms with Gasteiger partial charge in [0.25, 0.3) is 0 Å². The molecule has 3 rings (SSSR count). The van der Waals surface area contributed by atoms with Crippen molar-refractivity contribution < 1.29 is 8.42 Å². The molecule has 3 heterocycles. The SMILES string of the molecule is O=S1(=O)CCCN1C1CCCN(CC2CCNCC2)C1. The molecule has 0 saturated carbocycles. The molecule has 3 aliphatic heterocycles. The second kappa shape index (κ2) is 6.30. The fraction of sp³-hybridized carbons (Fsp3) is 1.00. The molecule has 0 amide bonds. The summed E-state index contributed by atoms with van der Waals surface area (Å²) < 4.78 is 25.9. The van der Waals surface area contributed by atoms with E-state index in [0.29, 0.717) is 5.75 Å². The van der Waals surface area contributed by atoms with Gasteiger partial charge in [0.05, 0.1) is 5.75 Å². The quantitative estimate of drug-likeness (QED) is 0.824. The van der Waals surface area contributed by atoms with Gasteiger partial charge in [-0.15, -0.1) is 0 Å². The van der Waals surface area contributed by atoms with E-state index in [2.05, 4.69) is 10.2 Å². The minimum absolute atomic E-state index is 0.234. The highest BCUT2D eigenvalue weighted by Gasteiger charge is 2.36. The Hall–Kier alpha value is -0.170. The minimum Gasteiger partial charge on any atom is -0.317 e. The van der Waals surface area contributed by atoms with Crippen LogP contribution in [0.4, 0.5) is 0 Å². The summed E-state index contributed by atoms with van der Waals surface area (Å²) in [6.07, 6.45) is 5.53. The van der Waals surface area contributed by atoms with Crippen molar-refractivity contribution in [2.24, 2.45) is 5.92 Å². The van der Waals surface area contributed by atoms with E-state index in [9.17, 15) is 8.42 Å². The Morgan fingerprint density at radius 2 is 1.85 bits per heavy atom. The monoisotopic (exact) mass is 301 g/mol. The molecule has 6 heteroatoms. The van der Waals surface area contributed by atoms with Crippen molar-refractivity contribution in [2.45, 2.75) is 38.1 Å². The first-order chi connectivity index (χ1) is 9.65. The molecule has 3 aliphatic rings. The lowest BCUT2D eigenvalue weighted by atomic mass is 9.96. The first-order valence-corrected chi connectivity index (χ1v) is 9.69. The van der Waals surface area contributed by atoms with Crippen LogP contribution in [0.2, 0.25) is 0 Å². The van der Waals surface area contributed by atoms with Crippen molar-refractivity contribution in [3.63, 3.8) is 0 Å². The lowest BCUT2D eigenvalue weighted by Gasteiger charge is -2.38. The van der Waals surface area contributed by atoms with E-state index in [4.69, 9.17) is 0 Å². The first-order valence-electron chi connectivity index (χ1n) is 8.08. The van der Waals surface area contributed by atoms with E-state index < -0.39 is 10.0 Å². The third-order valence-electron chi connectivity index (χ3n) is 5.00. The lowest BCUT2D eigenvalue weighted by molar-refractivity contribution is 0.126. The lowest BCUT2D eigenvalue weighted by Crippen LogP contribution is -2.50. The zero-order chi connectivity index (χ0) is 14.0. The molecule has 0 spiro atoms. The van der Waals surface area contributed by atoms with Crippen LogP contribution in [0.1, 0.15) is 32.1 Å². The molecular formula is C14H27N3O2S. The standard InChI is InChI=1S/C14H27N3O2S/c18-20(19)10-2-9-17(20)14-3-1-8-16(12-14)11-13-4-6-15-7-5-13/h13-15H,1-12H2. The number of nitrogens with zero attached hydrogens (tertiary/aromatic N) is 2. The molecule has 0 aromatic rings. The molecule has 0 bridgehead atoms. The highest BCUT2D eigenvalue weighted by Crippen LogP contribution is 2.25. The Morgan fingerprint density at radius 1 is 1.05 bits per heavy atom. The maximum Gasteiger partial charge on any atom is 0.214 e. The van der Waals surface area contributed by atoms with E-state index in [1.165, 1.54) is 12.8 Å². The summed E-state index contributed by atoms with van der Waals surface area (Å²) in [6, 6.07) is 0.234. The molecule has 0 aromatic carbocycles. The maximum absolute atomic E-state index is 12.1. The number of hydrogen-bond donors (Lipinski definition) is 1. The number of hydrogen-bond acceptors (Lipinski definition) is 4. The van der Waals surface area contributed by atoms with Crippen LogP contribution < -0.4 is 5.32 Å². The van der Waals surface area contributed by atoms with Gasteiger partial charge in [0, 0.05) is 25.7 Å². The van der Waals surface area contributed by atoms with Gasteiger partial charge in [0.2, 0.25) is 10.0 Å². The molecule has 20 heavy (non-hydrogen) atoms. The first kappa shape index (κ1) is 14.8. The molecule has 0 aliphatic carbocycles. The van der Waals surface area contributed by atoms with Gasteiger partial charge in [-0.05, 0) is 57.7 Å². The van der Waals surface area contributed by atoms with E-state index in [1.807, 2.05) is 0 Å². The van der Waals surface area contributed by atoms with Gasteiger partial charge in [-0.25, -0.2) is 8.42 Å². The number of likely N-dealkylation sites (tertiary alicyclic amines) is 1. The van der Waals surface area contributed by atoms with Crippen molar-refractivity contribution in [2.75, 3.05) is 45.0 Å². The van der Waals surface area contributed by atoms with Crippen LogP contribution in [-0.4, -0.2) is 68.7 Å². The Labute approximate surface area is 122 Å². The van der Waals surface area contributed by atoms with Crippen LogP contribution in [-0.2, 0) is 10.0 Å². The van der Waals surface area contributed by atoms with Crippen molar-refractivity contribution in [3.05, 3.63) is 0 Å². The zero-order valence-electron chi connectivity index (χ0n) is 12.3. The topological polar surface area (TPSA) is 52.7 Å². The van der Waals surface area contributed by atoms with Crippen molar-refractivity contribution in [1.29, 1.82) is 0 Å². The molecule has 116 valence electrons. The third-order valence-corrected chi connectivity index (χ3v) is 7.00. The van der Waals surface area contributed by atoms with Crippen LogP contribution in [0.3, 0.4) is 0 Å². The average Bonchev–Trinajstić information content (AvgIpc) is 2.80. The van der Waals surface area contributed by atoms with E-state index in [0.717, 1.165) is 64.4 Å². The summed E-state index contributed by atoms with van der Waals surface area (Å²) >= 11 is 0. The summed E-state index contributed by atoms with van der Waals surface area (Å²) in [7, 11) is -2.95. The van der Waals surface area contributed by atoms with Crippen molar-refractivity contribution >= 4 is 10.0 Å². The van der Waals surface area contributed by atoms with Crippen molar-refractivity contribution in [1.82, 2.24) is 14.5 Å². The van der Waals surface area contributed by atoms with Gasteiger partial charge in [-0.3, -0.25) is 0 Å². The Bertz CT molecular complexity index is 420. The number of rotatable bonds is 3. The van der Waals surface area contributed by atoms with Crippen LogP contribution >= 0.6 is 0 Å². The van der Waals surface area contributed by atoms with Gasteiger partial charge in [-0.1, -0.05) is 0 Å². The highest BCUT2D eigenvalue weighted by atomic mass is 32.2. The van der Waals surface area contributed by atoms with Gasteiger partial charge < -0.3 is 10.2 Å². The summed E-state index contributed by atoms with van der Waals surface area (Å²) in [4.78, 5) is 2.51. The second-order valence-electron chi connectivity index (χ2n) is 6.53. The molecule has 5 nitrogen and oxygen atoms in total. The number of piperidine rings is 2. The molecule has 3 fully saturated rings.